The van der Waals surface area contributed by atoms with Crippen LogP contribution >= 0.6 is 0 Å². The second kappa shape index (κ2) is 4.86. The molecule has 2 amide bonds. The summed E-state index contributed by atoms with van der Waals surface area (Å²) in [7, 11) is 0. The van der Waals surface area contributed by atoms with E-state index in [-0.39, 0.29) is 18.6 Å². The van der Waals surface area contributed by atoms with E-state index in [1.165, 1.54) is 0 Å². The Morgan fingerprint density at radius 1 is 1.41 bits per heavy atom. The third-order valence-corrected chi connectivity index (χ3v) is 2.64. The van der Waals surface area contributed by atoms with Crippen LogP contribution in [0, 0.1) is 0 Å². The maximum Gasteiger partial charge on any atom is 0.408 e. The Morgan fingerprint density at radius 3 is 2.71 bits per heavy atom. The Bertz CT molecular complexity index is 419. The van der Waals surface area contributed by atoms with E-state index < -0.39 is 12.1 Å². The quantitative estimate of drug-likeness (QED) is 0.760. The highest BCUT2D eigenvalue weighted by molar-refractivity contribution is 5.92. The van der Waals surface area contributed by atoms with Gasteiger partial charge in [-0.25, -0.2) is 4.79 Å². The van der Waals surface area contributed by atoms with Gasteiger partial charge < -0.3 is 15.4 Å². The highest BCUT2D eigenvalue weighted by Gasteiger charge is 2.37. The fraction of sp³-hybridized carbons (Fsp3) is 0.333. The fourth-order valence-corrected chi connectivity index (χ4v) is 1.61. The van der Waals surface area contributed by atoms with Crippen molar-refractivity contribution in [2.45, 2.75) is 25.6 Å². The molecule has 1 saturated heterocycles. The van der Waals surface area contributed by atoms with Crippen LogP contribution in [0.5, 0.6) is 0 Å². The van der Waals surface area contributed by atoms with Crippen molar-refractivity contribution in [2.24, 2.45) is 0 Å². The average molecular weight is 234 g/mol. The third-order valence-electron chi connectivity index (χ3n) is 2.64. The van der Waals surface area contributed by atoms with E-state index in [4.69, 9.17) is 4.74 Å². The number of β-lactam (4-membered cyclic amide) rings is 1. The summed E-state index contributed by atoms with van der Waals surface area (Å²) in [6.07, 6.45) is -0.569. The van der Waals surface area contributed by atoms with Crippen molar-refractivity contribution >= 4 is 12.0 Å². The molecule has 1 aliphatic heterocycles. The molecule has 0 radical (unpaired) electrons. The van der Waals surface area contributed by atoms with Crippen molar-refractivity contribution in [3.05, 3.63) is 35.9 Å². The second-order valence-corrected chi connectivity index (χ2v) is 3.98. The van der Waals surface area contributed by atoms with E-state index >= 15 is 0 Å². The first-order valence-corrected chi connectivity index (χ1v) is 5.44. The van der Waals surface area contributed by atoms with Crippen molar-refractivity contribution in [1.29, 1.82) is 0 Å². The molecule has 2 rings (SSSR count). The van der Waals surface area contributed by atoms with Crippen LogP contribution in [-0.2, 0) is 16.1 Å². The summed E-state index contributed by atoms with van der Waals surface area (Å²) in [6.45, 7) is 2.03. The number of hydrogen-bond acceptors (Lipinski definition) is 3. The molecule has 1 fully saturated rings. The summed E-state index contributed by atoms with van der Waals surface area (Å²) in [6, 6.07) is 8.86. The van der Waals surface area contributed by atoms with Gasteiger partial charge in [0.15, 0.2) is 0 Å². The zero-order chi connectivity index (χ0) is 12.3. The lowest BCUT2D eigenvalue weighted by molar-refractivity contribution is -0.131. The second-order valence-electron chi connectivity index (χ2n) is 3.98. The molecule has 17 heavy (non-hydrogen) atoms. The van der Waals surface area contributed by atoms with E-state index in [0.717, 1.165) is 5.56 Å². The molecule has 2 N–H and O–H groups in total. The van der Waals surface area contributed by atoms with Crippen LogP contribution in [0.25, 0.3) is 0 Å². The smallest absolute Gasteiger partial charge is 0.408 e. The van der Waals surface area contributed by atoms with Gasteiger partial charge in [0.25, 0.3) is 0 Å². The zero-order valence-corrected chi connectivity index (χ0v) is 9.47. The Kier molecular flexibility index (Phi) is 3.27. The molecule has 1 unspecified atom stereocenters. The number of rotatable bonds is 3. The van der Waals surface area contributed by atoms with Crippen molar-refractivity contribution in [2.75, 3.05) is 0 Å². The van der Waals surface area contributed by atoms with Gasteiger partial charge in [0.2, 0.25) is 5.91 Å². The molecule has 1 aromatic carbocycles. The predicted octanol–water partition coefficient (Wildman–Crippen LogP) is 0.800. The predicted molar refractivity (Wildman–Crippen MR) is 61.2 cm³/mol. The SMILES string of the molecule is CC1NC(=O)[C@H]1NC(=O)OCc1ccccc1. The summed E-state index contributed by atoms with van der Waals surface area (Å²) < 4.78 is 5.00. The number of carbonyl (C=O) groups is 2. The van der Waals surface area contributed by atoms with E-state index in [2.05, 4.69) is 10.6 Å². The number of nitrogens with one attached hydrogen (secondary N) is 2. The summed E-state index contributed by atoms with van der Waals surface area (Å²) in [5, 5.41) is 5.14. The summed E-state index contributed by atoms with van der Waals surface area (Å²) in [5.41, 5.74) is 0.911. The van der Waals surface area contributed by atoms with Crippen molar-refractivity contribution < 1.29 is 14.3 Å². The lowest BCUT2D eigenvalue weighted by Gasteiger charge is -2.33. The van der Waals surface area contributed by atoms with E-state index in [1.54, 1.807) is 0 Å². The van der Waals surface area contributed by atoms with E-state index in [0.29, 0.717) is 0 Å². The molecule has 1 heterocycles. The Morgan fingerprint density at radius 2 is 2.12 bits per heavy atom. The first-order valence-electron chi connectivity index (χ1n) is 5.44. The van der Waals surface area contributed by atoms with Crippen LogP contribution < -0.4 is 10.6 Å². The van der Waals surface area contributed by atoms with Gasteiger partial charge in [-0.3, -0.25) is 4.79 Å². The van der Waals surface area contributed by atoms with Crippen molar-refractivity contribution in [1.82, 2.24) is 10.6 Å². The molecule has 1 aliphatic rings. The highest BCUT2D eigenvalue weighted by Crippen LogP contribution is 2.06. The number of alkyl carbamates (subject to hydrolysis) is 1. The van der Waals surface area contributed by atoms with Gasteiger partial charge >= 0.3 is 6.09 Å². The van der Waals surface area contributed by atoms with Crippen LogP contribution in [0.3, 0.4) is 0 Å². The molecule has 90 valence electrons. The Labute approximate surface area is 99.2 Å². The minimum absolute atomic E-state index is 0.0354. The van der Waals surface area contributed by atoms with Crippen LogP contribution in [0.15, 0.2) is 30.3 Å². The van der Waals surface area contributed by atoms with E-state index in [9.17, 15) is 9.59 Å². The van der Waals surface area contributed by atoms with Crippen molar-refractivity contribution in [3.63, 3.8) is 0 Å². The van der Waals surface area contributed by atoms with Gasteiger partial charge in [-0.1, -0.05) is 30.3 Å². The number of carbonyl (C=O) groups excluding carboxylic acids is 2. The maximum absolute atomic E-state index is 11.4. The van der Waals surface area contributed by atoms with E-state index in [1.807, 2.05) is 37.3 Å². The normalized spacial score (nSPS) is 22.3. The lowest BCUT2D eigenvalue weighted by Crippen LogP contribution is -2.67. The molecule has 5 heteroatoms. The fourth-order valence-electron chi connectivity index (χ4n) is 1.61. The van der Waals surface area contributed by atoms with Crippen LogP contribution in [0.4, 0.5) is 4.79 Å². The average Bonchev–Trinajstić information content (AvgIpc) is 2.35. The monoisotopic (exact) mass is 234 g/mol. The maximum atomic E-state index is 11.4. The van der Waals surface area contributed by atoms with Gasteiger partial charge in [0.05, 0.1) is 6.04 Å². The molecule has 0 aliphatic carbocycles. The molecule has 0 aromatic heterocycles. The van der Waals surface area contributed by atoms with Gasteiger partial charge in [-0.05, 0) is 12.5 Å². The van der Waals surface area contributed by atoms with Gasteiger partial charge in [-0.15, -0.1) is 0 Å². The molecular formula is C12H14N2O3. The zero-order valence-electron chi connectivity index (χ0n) is 9.47. The highest BCUT2D eigenvalue weighted by atomic mass is 16.5. The van der Waals surface area contributed by atoms with Gasteiger partial charge in [0, 0.05) is 0 Å². The van der Waals surface area contributed by atoms with Crippen LogP contribution in [-0.4, -0.2) is 24.1 Å². The van der Waals surface area contributed by atoms with Crippen LogP contribution in [0.2, 0.25) is 0 Å². The molecule has 5 nitrogen and oxygen atoms in total. The molecule has 1 aromatic rings. The molecular weight excluding hydrogens is 220 g/mol. The minimum Gasteiger partial charge on any atom is -0.445 e. The molecule has 2 atom stereocenters. The van der Waals surface area contributed by atoms with Gasteiger partial charge in [-0.2, -0.15) is 0 Å². The first-order chi connectivity index (χ1) is 8.16. The Hall–Kier alpha value is -2.04. The Balaban J connectivity index is 1.76. The van der Waals surface area contributed by atoms with Crippen molar-refractivity contribution in [3.8, 4) is 0 Å². The molecule has 0 bridgehead atoms. The van der Waals surface area contributed by atoms with Gasteiger partial charge in [0.1, 0.15) is 12.6 Å². The number of ether oxygens (including phenoxy) is 1. The standard InChI is InChI=1S/C12H14N2O3/c1-8-10(11(15)13-8)14-12(16)17-7-9-5-3-2-4-6-9/h2-6,8,10H,7H2,1H3,(H,13,15)(H,14,16)/t8?,10-/m0/s1. The largest absolute Gasteiger partial charge is 0.445 e. The number of benzene rings is 1. The summed E-state index contributed by atoms with van der Waals surface area (Å²) in [5.74, 6) is -0.172. The summed E-state index contributed by atoms with van der Waals surface area (Å²) in [4.78, 5) is 22.5. The molecule has 0 spiro atoms. The van der Waals surface area contributed by atoms with Crippen LogP contribution in [0.1, 0.15) is 12.5 Å². The first kappa shape index (κ1) is 11.4. The minimum atomic E-state index is -0.569. The lowest BCUT2D eigenvalue weighted by atomic mass is 10.0. The summed E-state index contributed by atoms with van der Waals surface area (Å²) >= 11 is 0. The number of hydrogen-bond donors (Lipinski definition) is 2. The molecule has 0 saturated carbocycles. The topological polar surface area (TPSA) is 67.4 Å². The number of amides is 2. The third kappa shape index (κ3) is 2.75.